The molecule has 2 heterocycles. The molecule has 3 rings (SSSR count). The van der Waals surface area contributed by atoms with Crippen LogP contribution in [0.2, 0.25) is 5.02 Å². The van der Waals surface area contributed by atoms with Gasteiger partial charge >= 0.3 is 5.63 Å². The Morgan fingerprint density at radius 3 is 2.57 bits per heavy atom. The van der Waals surface area contributed by atoms with E-state index in [-0.39, 0.29) is 17.9 Å². The summed E-state index contributed by atoms with van der Waals surface area (Å²) < 4.78 is 8.39. The SMILES string of the molecule is O=C(C[n+]1ccc(Cl)cc1)c1cc2cc(Br)cc(Br)c2oc1=O. The molecular weight excluding hydrogens is 449 g/mol. The average molecular weight is 459 g/mol. The van der Waals surface area contributed by atoms with E-state index in [0.717, 1.165) is 4.47 Å². The Bertz CT molecular complexity index is 967. The van der Waals surface area contributed by atoms with E-state index in [4.69, 9.17) is 16.0 Å². The third kappa shape index (κ3) is 3.54. The van der Waals surface area contributed by atoms with Crippen LogP contribution in [0.15, 0.2) is 60.9 Å². The quantitative estimate of drug-likeness (QED) is 0.337. The third-order valence-corrected chi connectivity index (χ3v) is 4.53. The predicted molar refractivity (Wildman–Crippen MR) is 93.9 cm³/mol. The van der Waals surface area contributed by atoms with Crippen molar-refractivity contribution in [1.82, 2.24) is 0 Å². The molecule has 0 amide bonds. The molecule has 0 atom stereocenters. The van der Waals surface area contributed by atoms with Crippen molar-refractivity contribution in [3.05, 3.63) is 72.7 Å². The lowest BCUT2D eigenvalue weighted by atomic mass is 10.1. The highest BCUT2D eigenvalue weighted by Crippen LogP contribution is 2.28. The van der Waals surface area contributed by atoms with Crippen molar-refractivity contribution in [3.8, 4) is 0 Å². The monoisotopic (exact) mass is 456 g/mol. The number of carbonyl (C=O) groups excluding carboxylic acids is 1. The molecule has 23 heavy (non-hydrogen) atoms. The summed E-state index contributed by atoms with van der Waals surface area (Å²) in [6, 6.07) is 8.46. The predicted octanol–water partition coefficient (Wildman–Crippen LogP) is 4.14. The molecule has 0 fully saturated rings. The first kappa shape index (κ1) is 16.4. The second-order valence-electron chi connectivity index (χ2n) is 4.87. The molecule has 7 heteroatoms. The van der Waals surface area contributed by atoms with E-state index in [1.165, 1.54) is 0 Å². The zero-order chi connectivity index (χ0) is 16.6. The number of nitrogens with zero attached hydrogens (tertiary/aromatic N) is 1. The smallest absolute Gasteiger partial charge is 0.347 e. The van der Waals surface area contributed by atoms with Crippen molar-refractivity contribution in [2.75, 3.05) is 0 Å². The van der Waals surface area contributed by atoms with Crippen molar-refractivity contribution >= 4 is 60.2 Å². The highest BCUT2D eigenvalue weighted by molar-refractivity contribution is 9.11. The minimum atomic E-state index is -0.653. The van der Waals surface area contributed by atoms with Crippen LogP contribution in [-0.2, 0) is 6.54 Å². The van der Waals surface area contributed by atoms with Crippen molar-refractivity contribution in [1.29, 1.82) is 0 Å². The van der Waals surface area contributed by atoms with Gasteiger partial charge in [0, 0.05) is 22.0 Å². The average Bonchev–Trinajstić information content (AvgIpc) is 2.50. The maximum Gasteiger partial charge on any atom is 0.347 e. The number of Topliss-reactive ketones (excluding diaryl/α,β-unsaturated/α-hetero) is 1. The fourth-order valence-corrected chi connectivity index (χ4v) is 3.60. The number of aromatic nitrogens is 1. The number of ketones is 1. The molecule has 0 saturated carbocycles. The highest BCUT2D eigenvalue weighted by atomic mass is 79.9. The lowest BCUT2D eigenvalue weighted by molar-refractivity contribution is -0.683. The van der Waals surface area contributed by atoms with Crippen molar-refractivity contribution in [2.45, 2.75) is 6.54 Å². The first-order valence-electron chi connectivity index (χ1n) is 6.55. The Hall–Kier alpha value is -1.50. The zero-order valence-corrected chi connectivity index (χ0v) is 15.5. The van der Waals surface area contributed by atoms with Gasteiger partial charge in [-0.15, -0.1) is 0 Å². The molecule has 0 bridgehead atoms. The normalized spacial score (nSPS) is 10.9. The number of hydrogen-bond donors (Lipinski definition) is 0. The Morgan fingerprint density at radius 2 is 1.87 bits per heavy atom. The molecule has 2 aromatic heterocycles. The van der Waals surface area contributed by atoms with Gasteiger partial charge in [-0.05, 0) is 34.1 Å². The molecule has 0 aliphatic carbocycles. The van der Waals surface area contributed by atoms with E-state index >= 15 is 0 Å². The number of rotatable bonds is 3. The number of pyridine rings is 1. The molecule has 0 N–H and O–H groups in total. The van der Waals surface area contributed by atoms with Crippen molar-refractivity contribution in [2.24, 2.45) is 0 Å². The van der Waals surface area contributed by atoms with E-state index in [1.807, 2.05) is 0 Å². The van der Waals surface area contributed by atoms with Crippen LogP contribution in [0, 0.1) is 0 Å². The van der Waals surface area contributed by atoms with Crippen molar-refractivity contribution < 1.29 is 13.8 Å². The van der Waals surface area contributed by atoms with E-state index in [1.54, 1.807) is 47.3 Å². The Morgan fingerprint density at radius 1 is 1.17 bits per heavy atom. The Labute approximate surface area is 152 Å². The Kier molecular flexibility index (Phi) is 4.66. The minimum Gasteiger partial charge on any atom is -0.421 e. The van der Waals surface area contributed by atoms with E-state index in [9.17, 15) is 9.59 Å². The van der Waals surface area contributed by atoms with Gasteiger partial charge < -0.3 is 4.42 Å². The van der Waals surface area contributed by atoms with E-state index in [0.29, 0.717) is 20.5 Å². The largest absolute Gasteiger partial charge is 0.421 e. The van der Waals surface area contributed by atoms with E-state index < -0.39 is 5.63 Å². The van der Waals surface area contributed by atoms with Crippen LogP contribution < -0.4 is 10.2 Å². The standard InChI is InChI=1S/C16H9Br2ClNO3/c17-10-5-9-6-12(16(22)23-15(9)13(18)7-10)14(21)8-20-3-1-11(19)2-4-20/h1-7H,8H2/q+1. The maximum absolute atomic E-state index is 12.4. The van der Waals surface area contributed by atoms with E-state index in [2.05, 4.69) is 31.9 Å². The van der Waals surface area contributed by atoms with Crippen LogP contribution in [0.25, 0.3) is 11.0 Å². The van der Waals surface area contributed by atoms with Gasteiger partial charge in [0.1, 0.15) is 5.56 Å². The first-order chi connectivity index (χ1) is 10.9. The summed E-state index contributed by atoms with van der Waals surface area (Å²) in [6.07, 6.45) is 3.35. The Balaban J connectivity index is 2.01. The van der Waals surface area contributed by atoms with Crippen LogP contribution in [0.5, 0.6) is 0 Å². The van der Waals surface area contributed by atoms with Crippen LogP contribution in [0.1, 0.15) is 10.4 Å². The van der Waals surface area contributed by atoms with Gasteiger partial charge in [0.05, 0.1) is 9.50 Å². The number of hydrogen-bond acceptors (Lipinski definition) is 3. The molecule has 0 aliphatic rings. The van der Waals surface area contributed by atoms with Gasteiger partial charge in [0.2, 0.25) is 12.3 Å². The fraction of sp³-hybridized carbons (Fsp3) is 0.0625. The topological polar surface area (TPSA) is 51.2 Å². The summed E-state index contributed by atoms with van der Waals surface area (Å²) in [5.41, 5.74) is -0.223. The van der Waals surface area contributed by atoms with Gasteiger partial charge in [0.25, 0.3) is 0 Å². The second kappa shape index (κ2) is 6.55. The number of halogens is 3. The number of fused-ring (bicyclic) bond motifs is 1. The molecule has 116 valence electrons. The molecule has 0 unspecified atom stereocenters. The second-order valence-corrected chi connectivity index (χ2v) is 7.07. The van der Waals surface area contributed by atoms with Gasteiger partial charge in [0.15, 0.2) is 18.0 Å². The van der Waals surface area contributed by atoms with Gasteiger partial charge in [-0.1, -0.05) is 27.5 Å². The van der Waals surface area contributed by atoms with Gasteiger partial charge in [-0.2, -0.15) is 4.57 Å². The first-order valence-corrected chi connectivity index (χ1v) is 8.51. The van der Waals surface area contributed by atoms with Crippen LogP contribution in [0.3, 0.4) is 0 Å². The molecule has 0 radical (unpaired) electrons. The maximum atomic E-state index is 12.4. The highest BCUT2D eigenvalue weighted by Gasteiger charge is 2.19. The lowest BCUT2D eigenvalue weighted by Crippen LogP contribution is -2.38. The summed E-state index contributed by atoms with van der Waals surface area (Å²) in [4.78, 5) is 24.5. The molecule has 0 aliphatic heterocycles. The molecule has 0 saturated heterocycles. The summed E-state index contributed by atoms with van der Waals surface area (Å²) >= 11 is 12.5. The number of carbonyl (C=O) groups is 1. The summed E-state index contributed by atoms with van der Waals surface area (Å²) in [5.74, 6) is -0.330. The molecule has 1 aromatic carbocycles. The van der Waals surface area contributed by atoms with Crippen LogP contribution in [-0.4, -0.2) is 5.78 Å². The fourth-order valence-electron chi connectivity index (χ4n) is 2.15. The van der Waals surface area contributed by atoms with Gasteiger partial charge in [-0.3, -0.25) is 4.79 Å². The lowest BCUT2D eigenvalue weighted by Gasteiger charge is -2.03. The molecule has 4 nitrogen and oxygen atoms in total. The molecule has 0 spiro atoms. The number of benzene rings is 1. The zero-order valence-electron chi connectivity index (χ0n) is 11.6. The van der Waals surface area contributed by atoms with Gasteiger partial charge in [-0.25, -0.2) is 4.79 Å². The molecular formula is C16H9Br2ClNO3+. The van der Waals surface area contributed by atoms with Crippen LogP contribution >= 0.6 is 43.5 Å². The summed E-state index contributed by atoms with van der Waals surface area (Å²) in [7, 11) is 0. The summed E-state index contributed by atoms with van der Waals surface area (Å²) in [6.45, 7) is 0.0304. The summed E-state index contributed by atoms with van der Waals surface area (Å²) in [5, 5.41) is 1.24. The third-order valence-electron chi connectivity index (χ3n) is 3.23. The minimum absolute atomic E-state index is 0.0185. The van der Waals surface area contributed by atoms with Crippen LogP contribution in [0.4, 0.5) is 0 Å². The van der Waals surface area contributed by atoms with Crippen molar-refractivity contribution in [3.63, 3.8) is 0 Å². The molecule has 3 aromatic rings.